The maximum atomic E-state index is 12.4. The van der Waals surface area contributed by atoms with Gasteiger partial charge in [0.1, 0.15) is 11.1 Å². The number of nitrogen functional groups attached to an aromatic ring is 1. The molecule has 1 fully saturated rings. The van der Waals surface area contributed by atoms with Gasteiger partial charge in [-0.2, -0.15) is 5.26 Å². The quantitative estimate of drug-likeness (QED) is 0.836. The summed E-state index contributed by atoms with van der Waals surface area (Å²) >= 11 is 1.44. The van der Waals surface area contributed by atoms with E-state index in [0.717, 1.165) is 29.7 Å². The highest BCUT2D eigenvalue weighted by atomic mass is 32.1. The molecule has 21 heavy (non-hydrogen) atoms. The van der Waals surface area contributed by atoms with E-state index in [0.29, 0.717) is 29.7 Å². The molecule has 3 rings (SSSR count). The molecule has 5 nitrogen and oxygen atoms in total. The maximum absolute atomic E-state index is 12.4. The average Bonchev–Trinajstić information content (AvgIpc) is 2.82. The number of fused-ring (bicyclic) bond motifs is 1. The number of nitriles is 1. The molecule has 1 saturated carbocycles. The Bertz CT molecular complexity index is 583. The van der Waals surface area contributed by atoms with Crippen LogP contribution in [0, 0.1) is 11.3 Å². The van der Waals surface area contributed by atoms with Crippen LogP contribution >= 0.6 is 11.3 Å². The molecule has 1 aromatic rings. The van der Waals surface area contributed by atoms with Gasteiger partial charge < -0.3 is 16.0 Å². The number of carbonyl (C=O) groups is 1. The summed E-state index contributed by atoms with van der Waals surface area (Å²) in [6.45, 7) is 1.24. The van der Waals surface area contributed by atoms with Gasteiger partial charge in [0.05, 0.1) is 12.1 Å². The molecule has 0 saturated heterocycles. The lowest BCUT2D eigenvalue weighted by Gasteiger charge is -2.30. The number of anilines is 1. The molecule has 1 aromatic heterocycles. The number of thiophene rings is 1. The van der Waals surface area contributed by atoms with Crippen LogP contribution in [0.1, 0.15) is 48.1 Å². The lowest BCUT2D eigenvalue weighted by atomic mass is 9.95. The fourth-order valence-corrected chi connectivity index (χ4v) is 4.32. The number of carbonyl (C=O) groups excluding carboxylic acids is 1. The van der Waals surface area contributed by atoms with E-state index in [2.05, 4.69) is 11.4 Å². The Morgan fingerprint density at radius 1 is 1.38 bits per heavy atom. The number of rotatable bonds is 1. The van der Waals surface area contributed by atoms with Crippen LogP contribution in [0.25, 0.3) is 0 Å². The first-order valence-electron chi connectivity index (χ1n) is 7.54. The van der Waals surface area contributed by atoms with Gasteiger partial charge >= 0.3 is 6.03 Å². The van der Waals surface area contributed by atoms with Crippen LogP contribution in [-0.2, 0) is 13.0 Å². The molecular formula is C15H20N4OS. The minimum atomic E-state index is 0.0260. The number of nitrogens with two attached hydrogens (primary N) is 1. The van der Waals surface area contributed by atoms with Crippen molar-refractivity contribution in [3.8, 4) is 6.07 Å². The van der Waals surface area contributed by atoms with Crippen LogP contribution in [-0.4, -0.2) is 23.5 Å². The largest absolute Gasteiger partial charge is 0.389 e. The Hall–Kier alpha value is -1.74. The number of urea groups is 1. The van der Waals surface area contributed by atoms with E-state index < -0.39 is 0 Å². The Morgan fingerprint density at radius 3 is 2.86 bits per heavy atom. The highest BCUT2D eigenvalue weighted by Crippen LogP contribution is 2.34. The van der Waals surface area contributed by atoms with Crippen LogP contribution in [0.5, 0.6) is 0 Å². The van der Waals surface area contributed by atoms with Crippen LogP contribution in [0.3, 0.4) is 0 Å². The summed E-state index contributed by atoms with van der Waals surface area (Å²) < 4.78 is 0. The van der Waals surface area contributed by atoms with E-state index in [1.807, 2.05) is 4.90 Å². The molecule has 3 N–H and O–H groups in total. The van der Waals surface area contributed by atoms with E-state index in [1.54, 1.807) is 0 Å². The van der Waals surface area contributed by atoms with Gasteiger partial charge in [-0.3, -0.25) is 0 Å². The first kappa shape index (κ1) is 14.2. The lowest BCUT2D eigenvalue weighted by Crippen LogP contribution is -2.47. The molecule has 2 heterocycles. The topological polar surface area (TPSA) is 82.2 Å². The normalized spacial score (nSPS) is 18.9. The predicted octanol–water partition coefficient (Wildman–Crippen LogP) is 2.60. The zero-order valence-corrected chi connectivity index (χ0v) is 12.8. The minimum Gasteiger partial charge on any atom is -0.389 e. The SMILES string of the molecule is N#Cc1c(N)sc2c1CCN(C(=O)NC1CCCCC1)C2. The van der Waals surface area contributed by atoms with Crippen LogP contribution in [0.15, 0.2) is 0 Å². The first-order chi connectivity index (χ1) is 10.2. The van der Waals surface area contributed by atoms with Gasteiger partial charge in [0.2, 0.25) is 0 Å². The van der Waals surface area contributed by atoms with E-state index >= 15 is 0 Å². The second kappa shape index (κ2) is 5.94. The van der Waals surface area contributed by atoms with Gasteiger partial charge in [-0.25, -0.2) is 4.79 Å². The molecule has 2 aliphatic rings. The number of nitrogens with one attached hydrogen (secondary N) is 1. The van der Waals surface area contributed by atoms with Gasteiger partial charge in [-0.05, 0) is 24.8 Å². The predicted molar refractivity (Wildman–Crippen MR) is 83.0 cm³/mol. The number of amides is 2. The van der Waals surface area contributed by atoms with Gasteiger partial charge in [-0.15, -0.1) is 11.3 Å². The number of hydrogen-bond acceptors (Lipinski definition) is 4. The van der Waals surface area contributed by atoms with Crippen LogP contribution in [0.2, 0.25) is 0 Å². The van der Waals surface area contributed by atoms with E-state index in [1.165, 1.54) is 30.6 Å². The Balaban J connectivity index is 1.65. The summed E-state index contributed by atoms with van der Waals surface area (Å²) in [4.78, 5) is 15.3. The monoisotopic (exact) mass is 304 g/mol. The van der Waals surface area contributed by atoms with Gasteiger partial charge in [-0.1, -0.05) is 19.3 Å². The Kier molecular flexibility index (Phi) is 4.02. The third kappa shape index (κ3) is 2.84. The highest BCUT2D eigenvalue weighted by molar-refractivity contribution is 7.16. The third-order valence-corrected chi connectivity index (χ3v) is 5.46. The fourth-order valence-electron chi connectivity index (χ4n) is 3.23. The highest BCUT2D eigenvalue weighted by Gasteiger charge is 2.27. The molecule has 0 spiro atoms. The Labute approximate surface area is 128 Å². The summed E-state index contributed by atoms with van der Waals surface area (Å²) in [5.74, 6) is 0. The maximum Gasteiger partial charge on any atom is 0.317 e. The molecule has 6 heteroatoms. The second-order valence-electron chi connectivity index (χ2n) is 5.81. The molecule has 0 unspecified atom stereocenters. The average molecular weight is 304 g/mol. The van der Waals surface area contributed by atoms with Crippen molar-refractivity contribution < 1.29 is 4.79 Å². The van der Waals surface area contributed by atoms with Crippen LogP contribution < -0.4 is 11.1 Å². The second-order valence-corrected chi connectivity index (χ2v) is 6.95. The summed E-state index contributed by atoms with van der Waals surface area (Å²) in [6.07, 6.45) is 6.61. The molecular weight excluding hydrogens is 284 g/mol. The van der Waals surface area contributed by atoms with E-state index in [-0.39, 0.29) is 6.03 Å². The van der Waals surface area contributed by atoms with Crippen molar-refractivity contribution in [3.05, 3.63) is 16.0 Å². The van der Waals surface area contributed by atoms with E-state index in [9.17, 15) is 4.79 Å². The smallest absolute Gasteiger partial charge is 0.317 e. The first-order valence-corrected chi connectivity index (χ1v) is 8.36. The fraction of sp³-hybridized carbons (Fsp3) is 0.600. The van der Waals surface area contributed by atoms with Crippen molar-refractivity contribution >= 4 is 22.4 Å². The van der Waals surface area contributed by atoms with Crippen molar-refractivity contribution in [2.45, 2.75) is 51.1 Å². The van der Waals surface area contributed by atoms with Gasteiger partial charge in [0.15, 0.2) is 0 Å². The summed E-state index contributed by atoms with van der Waals surface area (Å²) in [7, 11) is 0. The zero-order chi connectivity index (χ0) is 14.8. The molecule has 0 atom stereocenters. The summed E-state index contributed by atoms with van der Waals surface area (Å²) in [5, 5.41) is 12.9. The van der Waals surface area contributed by atoms with Crippen molar-refractivity contribution in [2.75, 3.05) is 12.3 Å². The van der Waals surface area contributed by atoms with Crippen molar-refractivity contribution in [3.63, 3.8) is 0 Å². The Morgan fingerprint density at radius 2 is 2.14 bits per heavy atom. The van der Waals surface area contributed by atoms with Gasteiger partial charge in [0, 0.05) is 17.5 Å². The minimum absolute atomic E-state index is 0.0260. The van der Waals surface area contributed by atoms with E-state index in [4.69, 9.17) is 11.0 Å². The molecule has 1 aliphatic carbocycles. The molecule has 0 radical (unpaired) electrons. The molecule has 1 aliphatic heterocycles. The van der Waals surface area contributed by atoms with Crippen LogP contribution in [0.4, 0.5) is 9.80 Å². The summed E-state index contributed by atoms with van der Waals surface area (Å²) in [6, 6.07) is 2.53. The summed E-state index contributed by atoms with van der Waals surface area (Å²) in [5.41, 5.74) is 7.54. The standard InChI is InChI=1S/C15H20N4OS/c16-8-12-11-6-7-19(9-13(11)21-14(12)17)15(20)18-10-4-2-1-3-5-10/h10H,1-7,9,17H2,(H,18,20). The van der Waals surface area contributed by atoms with Crippen molar-refractivity contribution in [2.24, 2.45) is 0 Å². The molecule has 2 amide bonds. The third-order valence-electron chi connectivity index (χ3n) is 4.42. The molecule has 0 bridgehead atoms. The molecule has 0 aromatic carbocycles. The van der Waals surface area contributed by atoms with Crippen molar-refractivity contribution in [1.82, 2.24) is 10.2 Å². The zero-order valence-electron chi connectivity index (χ0n) is 12.0. The lowest BCUT2D eigenvalue weighted by molar-refractivity contribution is 0.185. The van der Waals surface area contributed by atoms with Crippen molar-refractivity contribution in [1.29, 1.82) is 5.26 Å². The number of hydrogen-bond donors (Lipinski definition) is 2. The molecule has 112 valence electrons. The number of nitrogens with zero attached hydrogens (tertiary/aromatic N) is 2. The van der Waals surface area contributed by atoms with Gasteiger partial charge in [0.25, 0.3) is 0 Å².